The molecule has 0 spiro atoms. The van der Waals surface area contributed by atoms with Gasteiger partial charge in [0, 0.05) is 12.7 Å². The van der Waals surface area contributed by atoms with Crippen LogP contribution in [-0.2, 0) is 11.8 Å². The molecule has 25 heavy (non-hydrogen) atoms. The number of amides is 1. The Morgan fingerprint density at radius 3 is 2.84 bits per heavy atom. The summed E-state index contributed by atoms with van der Waals surface area (Å²) in [6, 6.07) is 9.61. The van der Waals surface area contributed by atoms with E-state index in [2.05, 4.69) is 15.5 Å². The van der Waals surface area contributed by atoms with Crippen molar-refractivity contribution >= 4 is 29.3 Å². The molecule has 0 bridgehead atoms. The highest BCUT2D eigenvalue weighted by Crippen LogP contribution is 2.23. The Kier molecular flexibility index (Phi) is 4.85. The number of furan rings is 1. The van der Waals surface area contributed by atoms with E-state index in [-0.39, 0.29) is 17.2 Å². The highest BCUT2D eigenvalue weighted by atomic mass is 32.2. The Balaban J connectivity index is 1.61. The van der Waals surface area contributed by atoms with Crippen molar-refractivity contribution in [3.63, 3.8) is 0 Å². The summed E-state index contributed by atoms with van der Waals surface area (Å²) in [4.78, 5) is 23.0. The fourth-order valence-electron chi connectivity index (χ4n) is 2.12. The average Bonchev–Trinajstić information content (AvgIpc) is 3.23. The van der Waals surface area contributed by atoms with Crippen LogP contribution in [0.25, 0.3) is 11.6 Å². The Labute approximate surface area is 146 Å². The van der Waals surface area contributed by atoms with Crippen LogP contribution in [0.1, 0.15) is 10.4 Å². The van der Waals surface area contributed by atoms with Gasteiger partial charge in [-0.3, -0.25) is 4.79 Å². The van der Waals surface area contributed by atoms with Crippen LogP contribution in [0.4, 0.5) is 5.69 Å². The fourth-order valence-corrected chi connectivity index (χ4v) is 2.83. The number of benzene rings is 1. The Morgan fingerprint density at radius 2 is 2.12 bits per heavy atom. The van der Waals surface area contributed by atoms with E-state index in [1.54, 1.807) is 42.1 Å². The lowest BCUT2D eigenvalue weighted by Crippen LogP contribution is -2.15. The summed E-state index contributed by atoms with van der Waals surface area (Å²) >= 11 is 1.22. The van der Waals surface area contributed by atoms with E-state index >= 15 is 0 Å². The lowest BCUT2D eigenvalue weighted by molar-refractivity contribution is -0.113. The normalized spacial score (nSPS) is 10.6. The summed E-state index contributed by atoms with van der Waals surface area (Å²) in [6.07, 6.45) is 1.55. The molecule has 1 amide bonds. The lowest BCUT2D eigenvalue weighted by atomic mass is 10.2. The van der Waals surface area contributed by atoms with Gasteiger partial charge in [0.25, 0.3) is 0 Å². The maximum atomic E-state index is 12.1. The summed E-state index contributed by atoms with van der Waals surface area (Å²) in [6.45, 7) is 0. The SMILES string of the molecule is Cn1c(SCC(=O)Nc2cccc(C(=O)O)c2)nnc1-c1ccco1. The summed E-state index contributed by atoms with van der Waals surface area (Å²) in [5, 5.41) is 20.3. The molecular formula is C16H14N4O4S. The van der Waals surface area contributed by atoms with E-state index in [1.807, 2.05) is 0 Å². The van der Waals surface area contributed by atoms with Gasteiger partial charge >= 0.3 is 5.97 Å². The third kappa shape index (κ3) is 3.89. The van der Waals surface area contributed by atoms with Gasteiger partial charge in [0.2, 0.25) is 5.91 Å². The van der Waals surface area contributed by atoms with Crippen molar-refractivity contribution in [3.8, 4) is 11.6 Å². The van der Waals surface area contributed by atoms with Crippen LogP contribution in [0, 0.1) is 0 Å². The average molecular weight is 358 g/mol. The summed E-state index contributed by atoms with van der Waals surface area (Å²) in [7, 11) is 1.79. The summed E-state index contributed by atoms with van der Waals surface area (Å²) in [5.41, 5.74) is 0.543. The summed E-state index contributed by atoms with van der Waals surface area (Å²) in [5.74, 6) is -0.0366. The van der Waals surface area contributed by atoms with Gasteiger partial charge in [-0.1, -0.05) is 17.8 Å². The van der Waals surface area contributed by atoms with Crippen molar-refractivity contribution < 1.29 is 19.1 Å². The zero-order valence-corrected chi connectivity index (χ0v) is 14.0. The fraction of sp³-hybridized carbons (Fsp3) is 0.125. The first-order valence-electron chi connectivity index (χ1n) is 7.24. The maximum absolute atomic E-state index is 12.1. The van der Waals surface area contributed by atoms with Gasteiger partial charge in [-0.2, -0.15) is 0 Å². The number of thioether (sulfide) groups is 1. The second-order valence-electron chi connectivity index (χ2n) is 5.07. The predicted molar refractivity (Wildman–Crippen MR) is 91.5 cm³/mol. The quantitative estimate of drug-likeness (QED) is 0.651. The first-order valence-corrected chi connectivity index (χ1v) is 8.22. The second-order valence-corrected chi connectivity index (χ2v) is 6.01. The van der Waals surface area contributed by atoms with Crippen molar-refractivity contribution in [1.29, 1.82) is 0 Å². The van der Waals surface area contributed by atoms with Crippen LogP contribution in [0.2, 0.25) is 0 Å². The highest BCUT2D eigenvalue weighted by molar-refractivity contribution is 7.99. The van der Waals surface area contributed by atoms with Gasteiger partial charge in [-0.25, -0.2) is 4.79 Å². The van der Waals surface area contributed by atoms with Crippen molar-refractivity contribution in [1.82, 2.24) is 14.8 Å². The first-order chi connectivity index (χ1) is 12.0. The maximum Gasteiger partial charge on any atom is 0.335 e. The minimum Gasteiger partial charge on any atom is -0.478 e. The van der Waals surface area contributed by atoms with Crippen LogP contribution in [-0.4, -0.2) is 37.5 Å². The lowest BCUT2D eigenvalue weighted by Gasteiger charge is -2.06. The summed E-state index contributed by atoms with van der Waals surface area (Å²) < 4.78 is 7.03. The van der Waals surface area contributed by atoms with Crippen molar-refractivity contribution in [2.75, 3.05) is 11.1 Å². The van der Waals surface area contributed by atoms with Gasteiger partial charge < -0.3 is 19.4 Å². The molecule has 0 saturated carbocycles. The Morgan fingerprint density at radius 1 is 1.28 bits per heavy atom. The number of aromatic nitrogens is 3. The molecule has 3 rings (SSSR count). The van der Waals surface area contributed by atoms with E-state index in [0.29, 0.717) is 22.4 Å². The predicted octanol–water partition coefficient (Wildman–Crippen LogP) is 2.50. The number of anilines is 1. The minimum atomic E-state index is -1.05. The molecule has 2 aromatic heterocycles. The molecule has 0 atom stereocenters. The van der Waals surface area contributed by atoms with Gasteiger partial charge in [0.05, 0.1) is 17.6 Å². The van der Waals surface area contributed by atoms with Crippen LogP contribution >= 0.6 is 11.8 Å². The number of carboxylic acid groups (broad SMARTS) is 1. The number of hydrogen-bond acceptors (Lipinski definition) is 6. The Bertz CT molecular complexity index is 905. The van der Waals surface area contributed by atoms with Crippen LogP contribution in [0.5, 0.6) is 0 Å². The first kappa shape index (κ1) is 16.8. The van der Waals surface area contributed by atoms with Gasteiger partial charge in [-0.05, 0) is 30.3 Å². The number of aromatic carboxylic acids is 1. The molecule has 0 radical (unpaired) electrons. The molecule has 0 aliphatic rings. The molecule has 128 valence electrons. The molecular weight excluding hydrogens is 344 g/mol. The zero-order chi connectivity index (χ0) is 17.8. The molecule has 8 nitrogen and oxygen atoms in total. The molecule has 0 aliphatic heterocycles. The number of nitrogens with one attached hydrogen (secondary N) is 1. The van der Waals surface area contributed by atoms with Crippen LogP contribution in [0.3, 0.4) is 0 Å². The van der Waals surface area contributed by atoms with E-state index in [4.69, 9.17) is 9.52 Å². The van der Waals surface area contributed by atoms with E-state index in [1.165, 1.54) is 23.9 Å². The zero-order valence-electron chi connectivity index (χ0n) is 13.2. The van der Waals surface area contributed by atoms with Gasteiger partial charge in [0.15, 0.2) is 16.7 Å². The number of hydrogen-bond donors (Lipinski definition) is 2. The molecule has 3 aromatic rings. The molecule has 2 N–H and O–H groups in total. The minimum absolute atomic E-state index is 0.113. The molecule has 9 heteroatoms. The number of nitrogens with zero attached hydrogens (tertiary/aromatic N) is 3. The molecule has 2 heterocycles. The number of rotatable bonds is 6. The smallest absolute Gasteiger partial charge is 0.335 e. The number of carbonyl (C=O) groups is 2. The van der Waals surface area contributed by atoms with Gasteiger partial charge in [0.1, 0.15) is 0 Å². The molecule has 0 unspecified atom stereocenters. The van der Waals surface area contributed by atoms with E-state index < -0.39 is 5.97 Å². The van der Waals surface area contributed by atoms with Crippen molar-refractivity contribution in [3.05, 3.63) is 48.2 Å². The number of carbonyl (C=O) groups excluding carboxylic acids is 1. The second kappa shape index (κ2) is 7.22. The largest absolute Gasteiger partial charge is 0.478 e. The standard InChI is InChI=1S/C16H14N4O4S/c1-20-14(12-6-3-7-24-12)18-19-16(20)25-9-13(21)17-11-5-2-4-10(8-11)15(22)23/h2-8H,9H2,1H3,(H,17,21)(H,22,23). The van der Waals surface area contributed by atoms with E-state index in [9.17, 15) is 9.59 Å². The highest BCUT2D eigenvalue weighted by Gasteiger charge is 2.14. The monoisotopic (exact) mass is 358 g/mol. The van der Waals surface area contributed by atoms with Crippen molar-refractivity contribution in [2.45, 2.75) is 5.16 Å². The van der Waals surface area contributed by atoms with Crippen LogP contribution in [0.15, 0.2) is 52.2 Å². The molecule has 0 fully saturated rings. The third-order valence-electron chi connectivity index (χ3n) is 3.30. The topological polar surface area (TPSA) is 110 Å². The van der Waals surface area contributed by atoms with E-state index in [0.717, 1.165) is 0 Å². The Hall–Kier alpha value is -3.07. The van der Waals surface area contributed by atoms with Gasteiger partial charge in [-0.15, -0.1) is 10.2 Å². The van der Waals surface area contributed by atoms with Crippen LogP contribution < -0.4 is 5.32 Å². The molecule has 0 saturated heterocycles. The van der Waals surface area contributed by atoms with Crippen molar-refractivity contribution in [2.24, 2.45) is 7.05 Å². The molecule has 1 aromatic carbocycles. The third-order valence-corrected chi connectivity index (χ3v) is 4.32. The molecule has 0 aliphatic carbocycles. The number of carboxylic acids is 1.